The number of carbonyl (C=O) groups is 1. The average molecular weight is 441 g/mol. The van der Waals surface area contributed by atoms with Gasteiger partial charge in [-0.15, -0.1) is 0 Å². The highest BCUT2D eigenvalue weighted by molar-refractivity contribution is 5.81. The minimum absolute atomic E-state index is 0.0472. The maximum absolute atomic E-state index is 14.4. The normalized spacial score (nSPS) is 10.9. The fraction of sp³-hybridized carbons (Fsp3) is 0.280. The third-order valence-corrected chi connectivity index (χ3v) is 5.13. The molecule has 0 aliphatic heterocycles. The van der Waals surface area contributed by atoms with Gasteiger partial charge in [-0.3, -0.25) is 9.78 Å². The van der Waals surface area contributed by atoms with Crippen LogP contribution in [0.25, 0.3) is 22.4 Å². The van der Waals surface area contributed by atoms with Crippen LogP contribution in [0.2, 0.25) is 0 Å². The van der Waals surface area contributed by atoms with Gasteiger partial charge in [0.15, 0.2) is 17.4 Å². The van der Waals surface area contributed by atoms with Crippen molar-refractivity contribution in [3.63, 3.8) is 0 Å². The zero-order valence-electron chi connectivity index (χ0n) is 18.0. The number of pyridine rings is 1. The molecule has 0 fully saturated rings. The zero-order chi connectivity index (χ0) is 23.1. The lowest BCUT2D eigenvalue weighted by atomic mass is 9.95. The first-order valence-electron chi connectivity index (χ1n) is 10.2. The van der Waals surface area contributed by atoms with Crippen LogP contribution in [0.4, 0.5) is 8.78 Å². The minimum atomic E-state index is -0.854. The van der Waals surface area contributed by atoms with E-state index in [0.29, 0.717) is 24.3 Å². The summed E-state index contributed by atoms with van der Waals surface area (Å²) in [6.45, 7) is 0.615. The Morgan fingerprint density at radius 3 is 2.25 bits per heavy atom. The molecule has 0 aliphatic rings. The molecule has 1 heterocycles. The van der Waals surface area contributed by atoms with Crippen molar-refractivity contribution in [2.45, 2.75) is 25.7 Å². The van der Waals surface area contributed by atoms with Gasteiger partial charge < -0.3 is 14.6 Å². The summed E-state index contributed by atoms with van der Waals surface area (Å²) >= 11 is 0. The number of halogens is 2. The summed E-state index contributed by atoms with van der Waals surface area (Å²) in [4.78, 5) is 15.4. The van der Waals surface area contributed by atoms with Gasteiger partial charge in [-0.25, -0.2) is 8.78 Å². The molecule has 1 aromatic heterocycles. The lowest BCUT2D eigenvalue weighted by Crippen LogP contribution is -1.99. The van der Waals surface area contributed by atoms with Gasteiger partial charge in [0.05, 0.1) is 12.8 Å². The first-order chi connectivity index (χ1) is 15.4. The van der Waals surface area contributed by atoms with E-state index in [4.69, 9.17) is 14.6 Å². The highest BCUT2D eigenvalue weighted by atomic mass is 19.1. The summed E-state index contributed by atoms with van der Waals surface area (Å²) in [6, 6.07) is 11.8. The number of rotatable bonds is 10. The van der Waals surface area contributed by atoms with Crippen LogP contribution >= 0.6 is 0 Å². The number of aromatic nitrogens is 1. The number of hydrogen-bond acceptors (Lipinski definition) is 4. The van der Waals surface area contributed by atoms with Crippen LogP contribution in [0.15, 0.2) is 48.7 Å². The second-order valence-corrected chi connectivity index (χ2v) is 7.40. The molecule has 3 rings (SSSR count). The van der Waals surface area contributed by atoms with E-state index in [1.54, 1.807) is 13.3 Å². The van der Waals surface area contributed by atoms with Crippen LogP contribution in [0.1, 0.15) is 24.0 Å². The summed E-state index contributed by atoms with van der Waals surface area (Å²) < 4.78 is 38.6. The van der Waals surface area contributed by atoms with Crippen LogP contribution in [-0.4, -0.2) is 36.9 Å². The summed E-state index contributed by atoms with van der Waals surface area (Å²) in [6.07, 6.45) is 3.74. The van der Waals surface area contributed by atoms with E-state index in [2.05, 4.69) is 4.98 Å². The third-order valence-electron chi connectivity index (χ3n) is 5.13. The largest absolute Gasteiger partial charge is 0.491 e. The fourth-order valence-corrected chi connectivity index (χ4v) is 3.51. The van der Waals surface area contributed by atoms with Gasteiger partial charge >= 0.3 is 5.97 Å². The van der Waals surface area contributed by atoms with Gasteiger partial charge in [0.2, 0.25) is 0 Å². The minimum Gasteiger partial charge on any atom is -0.491 e. The van der Waals surface area contributed by atoms with E-state index in [-0.39, 0.29) is 6.42 Å². The Morgan fingerprint density at radius 1 is 0.969 bits per heavy atom. The molecule has 0 bridgehead atoms. The van der Waals surface area contributed by atoms with E-state index in [1.807, 2.05) is 30.3 Å². The molecule has 2 aromatic carbocycles. The lowest BCUT2D eigenvalue weighted by Gasteiger charge is -2.14. The van der Waals surface area contributed by atoms with E-state index >= 15 is 0 Å². The quantitative estimate of drug-likeness (QED) is 0.433. The lowest BCUT2D eigenvalue weighted by molar-refractivity contribution is -0.136. The maximum Gasteiger partial charge on any atom is 0.303 e. The number of hydrogen-bond donors (Lipinski definition) is 1. The van der Waals surface area contributed by atoms with Crippen LogP contribution in [0, 0.1) is 11.6 Å². The Hall–Kier alpha value is -3.32. The number of benzene rings is 2. The smallest absolute Gasteiger partial charge is 0.303 e. The van der Waals surface area contributed by atoms with Crippen molar-refractivity contribution in [3.8, 4) is 28.1 Å². The topological polar surface area (TPSA) is 68.7 Å². The molecule has 7 heteroatoms. The van der Waals surface area contributed by atoms with Gasteiger partial charge in [-0.1, -0.05) is 24.3 Å². The molecule has 0 atom stereocenters. The number of ether oxygens (including phenoxy) is 2. The molecule has 3 aromatic rings. The maximum atomic E-state index is 14.4. The molecular weight excluding hydrogens is 416 g/mol. The zero-order valence-corrected chi connectivity index (χ0v) is 18.0. The van der Waals surface area contributed by atoms with E-state index in [0.717, 1.165) is 35.1 Å². The number of aliphatic carboxylic acids is 1. The Morgan fingerprint density at radius 2 is 1.66 bits per heavy atom. The Kier molecular flexibility index (Phi) is 7.89. The fourth-order valence-electron chi connectivity index (χ4n) is 3.51. The highest BCUT2D eigenvalue weighted by Crippen LogP contribution is 2.35. The van der Waals surface area contributed by atoms with Crippen molar-refractivity contribution in [2.75, 3.05) is 20.8 Å². The molecule has 1 N–H and O–H groups in total. The first kappa shape index (κ1) is 23.3. The van der Waals surface area contributed by atoms with E-state index < -0.39 is 23.4 Å². The number of carboxylic acids is 1. The van der Waals surface area contributed by atoms with Crippen LogP contribution in [0.3, 0.4) is 0 Å². The molecule has 32 heavy (non-hydrogen) atoms. The first-order valence-corrected chi connectivity index (χ1v) is 10.2. The molecule has 0 spiro atoms. The second-order valence-electron chi connectivity index (χ2n) is 7.40. The van der Waals surface area contributed by atoms with Crippen LogP contribution < -0.4 is 4.74 Å². The Balaban J connectivity index is 2.03. The summed E-state index contributed by atoms with van der Waals surface area (Å²) in [5.74, 6) is -2.89. The molecule has 0 saturated carbocycles. The number of carboxylic acid groups (broad SMARTS) is 1. The summed E-state index contributed by atoms with van der Waals surface area (Å²) in [5, 5.41) is 8.88. The van der Waals surface area contributed by atoms with Crippen LogP contribution in [0.5, 0.6) is 5.75 Å². The number of nitrogens with zero attached hydrogens (tertiary/aromatic N) is 1. The van der Waals surface area contributed by atoms with Crippen molar-refractivity contribution >= 4 is 5.97 Å². The monoisotopic (exact) mass is 441 g/mol. The predicted molar refractivity (Wildman–Crippen MR) is 118 cm³/mol. The van der Waals surface area contributed by atoms with Crippen molar-refractivity contribution in [2.24, 2.45) is 0 Å². The highest BCUT2D eigenvalue weighted by Gasteiger charge is 2.17. The molecule has 0 amide bonds. The Labute approximate surface area is 185 Å². The summed E-state index contributed by atoms with van der Waals surface area (Å²) in [7, 11) is 2.86. The molecule has 168 valence electrons. The standard InChI is InChI=1S/C25H25F2NO4/c1-31-11-3-4-17-12-20(18-8-5-16(6-9-18)7-10-23(29)30)24(28-15-17)19-13-21(26)25(32-2)22(27)14-19/h5-6,8-9,12-15H,3-4,7,10-11H2,1-2H3,(H,29,30). The molecule has 5 nitrogen and oxygen atoms in total. The number of methoxy groups -OCH3 is 2. The second kappa shape index (κ2) is 10.8. The van der Waals surface area contributed by atoms with Crippen molar-refractivity contribution in [1.82, 2.24) is 4.98 Å². The SMILES string of the molecule is COCCCc1cnc(-c2cc(F)c(OC)c(F)c2)c(-c2ccc(CCC(=O)O)cc2)c1. The van der Waals surface area contributed by atoms with Gasteiger partial charge in [-0.2, -0.15) is 0 Å². The molecule has 0 unspecified atom stereocenters. The third kappa shape index (κ3) is 5.68. The van der Waals surface area contributed by atoms with Crippen molar-refractivity contribution in [3.05, 3.63) is 71.4 Å². The number of aryl methyl sites for hydroxylation is 2. The van der Waals surface area contributed by atoms with E-state index in [1.165, 1.54) is 19.2 Å². The van der Waals surface area contributed by atoms with Crippen molar-refractivity contribution < 1.29 is 28.2 Å². The molecular formula is C25H25F2NO4. The molecule has 0 saturated heterocycles. The van der Waals surface area contributed by atoms with Gasteiger partial charge in [0.25, 0.3) is 0 Å². The Bertz CT molecular complexity index is 1060. The summed E-state index contributed by atoms with van der Waals surface area (Å²) in [5.41, 5.74) is 4.16. The molecule has 0 radical (unpaired) electrons. The van der Waals surface area contributed by atoms with Crippen molar-refractivity contribution in [1.29, 1.82) is 0 Å². The van der Waals surface area contributed by atoms with Gasteiger partial charge in [0.1, 0.15) is 0 Å². The predicted octanol–water partition coefficient (Wildman–Crippen LogP) is 5.30. The van der Waals surface area contributed by atoms with Crippen LogP contribution in [-0.2, 0) is 22.4 Å². The molecule has 0 aliphatic carbocycles. The average Bonchev–Trinajstić information content (AvgIpc) is 2.78. The van der Waals surface area contributed by atoms with E-state index in [9.17, 15) is 13.6 Å². The van der Waals surface area contributed by atoms with Gasteiger partial charge in [-0.05, 0) is 54.2 Å². The van der Waals surface area contributed by atoms with Gasteiger partial charge in [0, 0.05) is 37.5 Å².